The second kappa shape index (κ2) is 8.97. The van der Waals surface area contributed by atoms with Crippen molar-refractivity contribution in [1.29, 1.82) is 0 Å². The van der Waals surface area contributed by atoms with Crippen molar-refractivity contribution >= 4 is 0 Å². The van der Waals surface area contributed by atoms with Crippen molar-refractivity contribution in [3.05, 3.63) is 0 Å². The van der Waals surface area contributed by atoms with Crippen LogP contribution in [-0.4, -0.2) is 63.2 Å². The van der Waals surface area contributed by atoms with Gasteiger partial charge < -0.3 is 15.1 Å². The quantitative estimate of drug-likeness (QED) is 0.646. The van der Waals surface area contributed by atoms with Gasteiger partial charge in [0.15, 0.2) is 0 Å². The second-order valence-electron chi connectivity index (χ2n) is 5.19. The van der Waals surface area contributed by atoms with Gasteiger partial charge >= 0.3 is 0 Å². The Hall–Kier alpha value is -0.120. The zero-order valence-electron chi connectivity index (χ0n) is 12.1. The molecular formula is C13H31N3. The highest BCUT2D eigenvalue weighted by Crippen LogP contribution is 2.04. The Morgan fingerprint density at radius 2 is 1.75 bits per heavy atom. The number of likely N-dealkylation sites (N-methyl/N-ethyl adjacent to an activating group) is 2. The van der Waals surface area contributed by atoms with E-state index < -0.39 is 0 Å². The van der Waals surface area contributed by atoms with Crippen LogP contribution in [0.3, 0.4) is 0 Å². The molecule has 0 spiro atoms. The minimum atomic E-state index is 0.610. The number of nitrogens with zero attached hydrogens (tertiary/aromatic N) is 2. The molecular weight excluding hydrogens is 198 g/mol. The largest absolute Gasteiger partial charge is 0.315 e. The first-order valence-electron chi connectivity index (χ1n) is 6.55. The summed E-state index contributed by atoms with van der Waals surface area (Å²) >= 11 is 0. The lowest BCUT2D eigenvalue weighted by atomic mass is 10.0. The smallest absolute Gasteiger partial charge is 0.0214 e. The van der Waals surface area contributed by atoms with E-state index in [4.69, 9.17) is 0 Å². The van der Waals surface area contributed by atoms with Crippen molar-refractivity contribution < 1.29 is 0 Å². The van der Waals surface area contributed by atoms with Gasteiger partial charge in [0.05, 0.1) is 0 Å². The topological polar surface area (TPSA) is 18.5 Å². The molecule has 3 heteroatoms. The summed E-state index contributed by atoms with van der Waals surface area (Å²) < 4.78 is 0. The lowest BCUT2D eigenvalue weighted by molar-refractivity contribution is 0.221. The monoisotopic (exact) mass is 229 g/mol. The Morgan fingerprint density at radius 3 is 2.12 bits per heavy atom. The summed E-state index contributed by atoms with van der Waals surface area (Å²) in [5.74, 6) is 0.702. The third-order valence-corrected chi connectivity index (χ3v) is 3.16. The van der Waals surface area contributed by atoms with E-state index in [-0.39, 0.29) is 0 Å². The van der Waals surface area contributed by atoms with Crippen LogP contribution in [0.15, 0.2) is 0 Å². The molecule has 0 aliphatic rings. The summed E-state index contributed by atoms with van der Waals surface area (Å²) in [4.78, 5) is 4.80. The Labute approximate surface area is 102 Å². The Bertz CT molecular complexity index is 157. The van der Waals surface area contributed by atoms with Crippen molar-refractivity contribution in [3.8, 4) is 0 Å². The Kier molecular flexibility index (Phi) is 8.90. The third kappa shape index (κ3) is 7.20. The number of nitrogens with one attached hydrogen (secondary N) is 1. The Morgan fingerprint density at radius 1 is 1.12 bits per heavy atom. The van der Waals surface area contributed by atoms with Crippen molar-refractivity contribution in [2.45, 2.75) is 33.2 Å². The van der Waals surface area contributed by atoms with E-state index in [0.717, 1.165) is 13.1 Å². The van der Waals surface area contributed by atoms with Crippen molar-refractivity contribution in [1.82, 2.24) is 15.1 Å². The highest BCUT2D eigenvalue weighted by molar-refractivity contribution is 4.73. The van der Waals surface area contributed by atoms with Crippen LogP contribution in [0.1, 0.15) is 27.2 Å². The van der Waals surface area contributed by atoms with E-state index in [9.17, 15) is 0 Å². The van der Waals surface area contributed by atoms with Crippen molar-refractivity contribution in [2.75, 3.05) is 47.3 Å². The summed E-state index contributed by atoms with van der Waals surface area (Å²) in [6.07, 6.45) is 1.26. The third-order valence-electron chi connectivity index (χ3n) is 3.16. The van der Waals surface area contributed by atoms with Crippen molar-refractivity contribution in [2.24, 2.45) is 5.92 Å². The SMILES string of the molecule is CCN(CCCN(C)C)CC(NC)C(C)C. The van der Waals surface area contributed by atoms with Crippen LogP contribution in [0.5, 0.6) is 0 Å². The molecule has 0 heterocycles. The van der Waals surface area contributed by atoms with E-state index in [0.29, 0.717) is 12.0 Å². The van der Waals surface area contributed by atoms with Crippen LogP contribution in [0.25, 0.3) is 0 Å². The molecule has 3 nitrogen and oxygen atoms in total. The molecule has 0 rings (SSSR count). The van der Waals surface area contributed by atoms with Crippen LogP contribution in [0, 0.1) is 5.92 Å². The second-order valence-corrected chi connectivity index (χ2v) is 5.19. The lowest BCUT2D eigenvalue weighted by Crippen LogP contribution is -2.43. The van der Waals surface area contributed by atoms with Gasteiger partial charge in [-0.05, 0) is 53.1 Å². The van der Waals surface area contributed by atoms with E-state index >= 15 is 0 Å². The first-order valence-corrected chi connectivity index (χ1v) is 6.55. The van der Waals surface area contributed by atoms with Crippen LogP contribution < -0.4 is 5.32 Å². The molecule has 0 fully saturated rings. The summed E-state index contributed by atoms with van der Waals surface area (Å²) in [6.45, 7) is 11.5. The molecule has 16 heavy (non-hydrogen) atoms. The van der Waals surface area contributed by atoms with Crippen LogP contribution in [0.2, 0.25) is 0 Å². The summed E-state index contributed by atoms with van der Waals surface area (Å²) in [6, 6.07) is 0.610. The van der Waals surface area contributed by atoms with Crippen LogP contribution >= 0.6 is 0 Å². The van der Waals surface area contributed by atoms with Gasteiger partial charge in [-0.2, -0.15) is 0 Å². The zero-order valence-corrected chi connectivity index (χ0v) is 12.1. The standard InChI is InChI=1S/C13H31N3/c1-7-16(10-8-9-15(5)6)11-13(14-4)12(2)3/h12-14H,7-11H2,1-6H3. The molecule has 0 aliphatic carbocycles. The first-order chi connectivity index (χ1) is 7.51. The highest BCUT2D eigenvalue weighted by Gasteiger charge is 2.14. The fourth-order valence-electron chi connectivity index (χ4n) is 1.90. The molecule has 0 aromatic carbocycles. The minimum Gasteiger partial charge on any atom is -0.315 e. The van der Waals surface area contributed by atoms with E-state index in [1.165, 1.54) is 19.5 Å². The molecule has 0 saturated carbocycles. The molecule has 0 radical (unpaired) electrons. The predicted octanol–water partition coefficient (Wildman–Crippen LogP) is 1.50. The predicted molar refractivity (Wildman–Crippen MR) is 73.0 cm³/mol. The zero-order chi connectivity index (χ0) is 12.6. The maximum Gasteiger partial charge on any atom is 0.0214 e. The number of hydrogen-bond donors (Lipinski definition) is 1. The summed E-state index contributed by atoms with van der Waals surface area (Å²) in [7, 11) is 6.35. The summed E-state index contributed by atoms with van der Waals surface area (Å²) in [5.41, 5.74) is 0. The van der Waals surface area contributed by atoms with Gasteiger partial charge in [-0.15, -0.1) is 0 Å². The summed E-state index contributed by atoms with van der Waals surface area (Å²) in [5, 5.41) is 3.41. The van der Waals surface area contributed by atoms with E-state index in [1.54, 1.807) is 0 Å². The fraction of sp³-hybridized carbons (Fsp3) is 1.00. The van der Waals surface area contributed by atoms with Crippen LogP contribution in [0.4, 0.5) is 0 Å². The van der Waals surface area contributed by atoms with Crippen LogP contribution in [-0.2, 0) is 0 Å². The van der Waals surface area contributed by atoms with Gasteiger partial charge in [0.2, 0.25) is 0 Å². The van der Waals surface area contributed by atoms with Gasteiger partial charge in [-0.1, -0.05) is 20.8 Å². The van der Waals surface area contributed by atoms with E-state index in [2.05, 4.69) is 57.0 Å². The molecule has 1 atom stereocenters. The molecule has 0 amide bonds. The Balaban J connectivity index is 3.89. The molecule has 98 valence electrons. The average molecular weight is 229 g/mol. The molecule has 0 aromatic rings. The van der Waals surface area contributed by atoms with Gasteiger partial charge in [0, 0.05) is 12.6 Å². The highest BCUT2D eigenvalue weighted by atomic mass is 15.1. The first kappa shape index (κ1) is 15.9. The normalized spacial score (nSPS) is 14.1. The molecule has 1 unspecified atom stereocenters. The minimum absolute atomic E-state index is 0.610. The molecule has 0 aromatic heterocycles. The van der Waals surface area contributed by atoms with Gasteiger partial charge in [0.25, 0.3) is 0 Å². The molecule has 1 N–H and O–H groups in total. The molecule has 0 aliphatic heterocycles. The molecule has 0 saturated heterocycles. The van der Waals surface area contributed by atoms with E-state index in [1.807, 2.05) is 0 Å². The van der Waals surface area contributed by atoms with Gasteiger partial charge in [0.1, 0.15) is 0 Å². The van der Waals surface area contributed by atoms with Gasteiger partial charge in [-0.25, -0.2) is 0 Å². The van der Waals surface area contributed by atoms with Crippen molar-refractivity contribution in [3.63, 3.8) is 0 Å². The fourth-order valence-corrected chi connectivity index (χ4v) is 1.90. The maximum atomic E-state index is 3.41. The maximum absolute atomic E-state index is 3.41. The van der Waals surface area contributed by atoms with Gasteiger partial charge in [-0.3, -0.25) is 0 Å². The average Bonchev–Trinajstić information content (AvgIpc) is 2.22. The lowest BCUT2D eigenvalue weighted by Gasteiger charge is -2.29. The molecule has 0 bridgehead atoms. The number of hydrogen-bond acceptors (Lipinski definition) is 3. The number of rotatable bonds is 9.